The number of aromatic hydroxyl groups is 1. The SMILES string of the molecule is CCN(CC)c1ccc(/C=N/NC(=O)c2ccc(C)c(Br)c2)c(O)c1. The number of amides is 1. The predicted molar refractivity (Wildman–Crippen MR) is 106 cm³/mol. The monoisotopic (exact) mass is 403 g/mol. The van der Waals surface area contributed by atoms with Crippen molar-refractivity contribution in [1.29, 1.82) is 0 Å². The summed E-state index contributed by atoms with van der Waals surface area (Å²) in [7, 11) is 0. The highest BCUT2D eigenvalue weighted by atomic mass is 79.9. The van der Waals surface area contributed by atoms with Crippen LogP contribution in [0.15, 0.2) is 46.0 Å². The summed E-state index contributed by atoms with van der Waals surface area (Å²) in [5.74, 6) is -0.184. The summed E-state index contributed by atoms with van der Waals surface area (Å²) in [5.41, 5.74) is 5.53. The third kappa shape index (κ3) is 4.82. The largest absolute Gasteiger partial charge is 0.507 e. The van der Waals surface area contributed by atoms with Gasteiger partial charge < -0.3 is 10.0 Å². The second-order valence-corrected chi connectivity index (χ2v) is 6.43. The number of carbonyl (C=O) groups is 1. The van der Waals surface area contributed by atoms with Gasteiger partial charge in [0, 0.05) is 40.4 Å². The Labute approximate surface area is 156 Å². The molecule has 0 heterocycles. The molecule has 0 radical (unpaired) electrons. The molecular weight excluding hydrogens is 382 g/mol. The molecule has 0 aliphatic carbocycles. The highest BCUT2D eigenvalue weighted by Gasteiger charge is 2.07. The van der Waals surface area contributed by atoms with E-state index in [0.29, 0.717) is 11.1 Å². The molecule has 5 nitrogen and oxygen atoms in total. The van der Waals surface area contributed by atoms with E-state index in [1.165, 1.54) is 6.21 Å². The van der Waals surface area contributed by atoms with E-state index < -0.39 is 0 Å². The Morgan fingerprint density at radius 2 is 1.96 bits per heavy atom. The molecule has 6 heteroatoms. The van der Waals surface area contributed by atoms with Gasteiger partial charge in [0.1, 0.15) is 5.75 Å². The minimum Gasteiger partial charge on any atom is -0.507 e. The summed E-state index contributed by atoms with van der Waals surface area (Å²) in [6, 6.07) is 10.7. The molecule has 0 spiro atoms. The van der Waals surface area contributed by atoms with Gasteiger partial charge in [0.15, 0.2) is 0 Å². The first-order valence-corrected chi connectivity index (χ1v) is 8.93. The normalized spacial score (nSPS) is 10.9. The first-order chi connectivity index (χ1) is 12.0. The summed E-state index contributed by atoms with van der Waals surface area (Å²) in [5, 5.41) is 14.1. The zero-order chi connectivity index (χ0) is 18.4. The van der Waals surface area contributed by atoms with Crippen molar-refractivity contribution >= 4 is 33.7 Å². The first kappa shape index (κ1) is 19.0. The van der Waals surface area contributed by atoms with Crippen LogP contribution < -0.4 is 10.3 Å². The second-order valence-electron chi connectivity index (χ2n) is 5.58. The van der Waals surface area contributed by atoms with Crippen molar-refractivity contribution in [2.75, 3.05) is 18.0 Å². The first-order valence-electron chi connectivity index (χ1n) is 8.13. The molecule has 2 aromatic carbocycles. The van der Waals surface area contributed by atoms with Crippen LogP contribution in [0, 0.1) is 6.92 Å². The molecule has 0 saturated carbocycles. The van der Waals surface area contributed by atoms with Gasteiger partial charge in [-0.2, -0.15) is 5.10 Å². The topological polar surface area (TPSA) is 64.9 Å². The van der Waals surface area contributed by atoms with E-state index in [2.05, 4.69) is 45.2 Å². The number of aryl methyl sites for hydroxylation is 1. The molecule has 132 valence electrons. The zero-order valence-corrected chi connectivity index (χ0v) is 16.2. The fourth-order valence-corrected chi connectivity index (χ4v) is 2.76. The lowest BCUT2D eigenvalue weighted by atomic mass is 10.1. The molecule has 0 fully saturated rings. The van der Waals surface area contributed by atoms with Gasteiger partial charge in [0.25, 0.3) is 5.91 Å². The average Bonchev–Trinajstić information content (AvgIpc) is 2.60. The molecule has 2 rings (SSSR count). The molecule has 0 saturated heterocycles. The predicted octanol–water partition coefficient (Wildman–Crippen LogP) is 4.07. The molecule has 0 aromatic heterocycles. The van der Waals surface area contributed by atoms with Gasteiger partial charge in [-0.1, -0.05) is 22.0 Å². The van der Waals surface area contributed by atoms with Crippen molar-refractivity contribution in [2.45, 2.75) is 20.8 Å². The van der Waals surface area contributed by atoms with E-state index >= 15 is 0 Å². The van der Waals surface area contributed by atoms with Gasteiger partial charge in [-0.25, -0.2) is 5.43 Å². The fourth-order valence-electron chi connectivity index (χ4n) is 2.39. The Hall–Kier alpha value is -2.34. The number of nitrogens with zero attached hydrogens (tertiary/aromatic N) is 2. The number of halogens is 1. The minimum absolute atomic E-state index is 0.125. The van der Waals surface area contributed by atoms with Crippen molar-refractivity contribution < 1.29 is 9.90 Å². The van der Waals surface area contributed by atoms with Crippen LogP contribution in [0.2, 0.25) is 0 Å². The van der Waals surface area contributed by atoms with Crippen LogP contribution in [0.4, 0.5) is 5.69 Å². The number of hydrazone groups is 1. The minimum atomic E-state index is -0.309. The van der Waals surface area contributed by atoms with Crippen molar-refractivity contribution in [3.05, 3.63) is 57.6 Å². The Morgan fingerprint density at radius 1 is 1.24 bits per heavy atom. The Balaban J connectivity index is 2.06. The molecule has 25 heavy (non-hydrogen) atoms. The molecule has 0 atom stereocenters. The molecule has 2 N–H and O–H groups in total. The average molecular weight is 404 g/mol. The van der Waals surface area contributed by atoms with Gasteiger partial charge in [-0.3, -0.25) is 4.79 Å². The summed E-state index contributed by atoms with van der Waals surface area (Å²) >= 11 is 3.40. The molecular formula is C19H22BrN3O2. The fraction of sp³-hybridized carbons (Fsp3) is 0.263. The third-order valence-electron chi connectivity index (χ3n) is 3.95. The van der Waals surface area contributed by atoms with Gasteiger partial charge >= 0.3 is 0 Å². The van der Waals surface area contributed by atoms with E-state index in [4.69, 9.17) is 0 Å². The maximum atomic E-state index is 12.1. The number of carbonyl (C=O) groups excluding carboxylic acids is 1. The van der Waals surface area contributed by atoms with E-state index in [-0.39, 0.29) is 11.7 Å². The molecule has 0 unspecified atom stereocenters. The number of anilines is 1. The number of phenolic OH excluding ortho intramolecular Hbond substituents is 1. The van der Waals surface area contributed by atoms with Crippen LogP contribution in [0.5, 0.6) is 5.75 Å². The number of nitrogens with one attached hydrogen (secondary N) is 1. The summed E-state index contributed by atoms with van der Waals surface area (Å²) < 4.78 is 0.869. The summed E-state index contributed by atoms with van der Waals surface area (Å²) in [6.45, 7) is 7.81. The van der Waals surface area contributed by atoms with Crippen molar-refractivity contribution in [3.63, 3.8) is 0 Å². The van der Waals surface area contributed by atoms with Crippen LogP contribution in [0.25, 0.3) is 0 Å². The quantitative estimate of drug-likeness (QED) is 0.564. The maximum absolute atomic E-state index is 12.1. The van der Waals surface area contributed by atoms with Crippen molar-refractivity contribution in [3.8, 4) is 5.75 Å². The Morgan fingerprint density at radius 3 is 2.56 bits per heavy atom. The Bertz CT molecular complexity index is 786. The number of benzene rings is 2. The van der Waals surface area contributed by atoms with Crippen LogP contribution >= 0.6 is 15.9 Å². The lowest BCUT2D eigenvalue weighted by Crippen LogP contribution is -2.21. The summed E-state index contributed by atoms with van der Waals surface area (Å²) in [4.78, 5) is 14.2. The van der Waals surface area contributed by atoms with E-state index in [1.807, 2.05) is 19.1 Å². The Kier molecular flexibility index (Phi) is 6.58. The lowest BCUT2D eigenvalue weighted by Gasteiger charge is -2.21. The number of hydrogen-bond acceptors (Lipinski definition) is 4. The van der Waals surface area contributed by atoms with Crippen LogP contribution in [-0.4, -0.2) is 30.3 Å². The van der Waals surface area contributed by atoms with Gasteiger partial charge in [0.05, 0.1) is 6.21 Å². The van der Waals surface area contributed by atoms with Crippen molar-refractivity contribution in [2.24, 2.45) is 5.10 Å². The molecule has 0 bridgehead atoms. The van der Waals surface area contributed by atoms with Crippen molar-refractivity contribution in [1.82, 2.24) is 5.43 Å². The molecule has 1 amide bonds. The van der Waals surface area contributed by atoms with E-state index in [0.717, 1.165) is 28.8 Å². The molecule has 2 aromatic rings. The smallest absolute Gasteiger partial charge is 0.271 e. The number of phenols is 1. The number of rotatable bonds is 6. The van der Waals surface area contributed by atoms with E-state index in [9.17, 15) is 9.90 Å². The standard InChI is InChI=1S/C19H22BrN3O2/c1-4-23(5-2)16-9-8-15(18(24)11-16)12-21-22-19(25)14-7-6-13(3)17(20)10-14/h6-12,24H,4-5H2,1-3H3,(H,22,25)/b21-12+. The van der Waals surface area contributed by atoms with Gasteiger partial charge in [0.2, 0.25) is 0 Å². The molecule has 0 aliphatic heterocycles. The maximum Gasteiger partial charge on any atom is 0.271 e. The lowest BCUT2D eigenvalue weighted by molar-refractivity contribution is 0.0955. The number of hydrogen-bond donors (Lipinski definition) is 2. The van der Waals surface area contributed by atoms with Crippen LogP contribution in [0.3, 0.4) is 0 Å². The highest BCUT2D eigenvalue weighted by molar-refractivity contribution is 9.10. The van der Waals surface area contributed by atoms with E-state index in [1.54, 1.807) is 24.3 Å². The summed E-state index contributed by atoms with van der Waals surface area (Å²) in [6.07, 6.45) is 1.43. The van der Waals surface area contributed by atoms with Crippen LogP contribution in [0.1, 0.15) is 35.3 Å². The molecule has 0 aliphatic rings. The van der Waals surface area contributed by atoms with Gasteiger partial charge in [-0.05, 0) is 50.6 Å². The third-order valence-corrected chi connectivity index (χ3v) is 4.80. The zero-order valence-electron chi connectivity index (χ0n) is 14.6. The van der Waals surface area contributed by atoms with Crippen LogP contribution in [-0.2, 0) is 0 Å². The van der Waals surface area contributed by atoms with Gasteiger partial charge in [-0.15, -0.1) is 0 Å². The second kappa shape index (κ2) is 8.67. The highest BCUT2D eigenvalue weighted by Crippen LogP contribution is 2.23.